The van der Waals surface area contributed by atoms with Crippen LogP contribution in [0.3, 0.4) is 0 Å². The van der Waals surface area contributed by atoms with Crippen molar-refractivity contribution in [1.82, 2.24) is 9.88 Å². The molecule has 1 aromatic carbocycles. The number of hydrogen-bond donors (Lipinski definition) is 1. The van der Waals surface area contributed by atoms with Crippen molar-refractivity contribution in [2.45, 2.75) is 32.9 Å². The van der Waals surface area contributed by atoms with Gasteiger partial charge >= 0.3 is 0 Å². The normalized spacial score (nSPS) is 14.4. The number of anilines is 1. The van der Waals surface area contributed by atoms with Gasteiger partial charge in [0, 0.05) is 31.7 Å². The number of pyridine rings is 1. The van der Waals surface area contributed by atoms with E-state index in [0.29, 0.717) is 19.5 Å². The Balaban J connectivity index is 1.69. The Morgan fingerprint density at radius 3 is 2.68 bits per heavy atom. The molecule has 4 heteroatoms. The van der Waals surface area contributed by atoms with Crippen molar-refractivity contribution < 1.29 is 4.79 Å². The molecule has 1 aliphatic heterocycles. The van der Waals surface area contributed by atoms with Crippen LogP contribution in [0.4, 0.5) is 5.82 Å². The highest BCUT2D eigenvalue weighted by molar-refractivity contribution is 5.78. The molecule has 0 aliphatic carbocycles. The predicted molar refractivity (Wildman–Crippen MR) is 87.4 cm³/mol. The molecule has 4 nitrogen and oxygen atoms in total. The van der Waals surface area contributed by atoms with Crippen LogP contribution in [0.2, 0.25) is 0 Å². The molecule has 1 fully saturated rings. The third-order valence-electron chi connectivity index (χ3n) is 4.00. The number of nitrogens with one attached hydrogen (secondary N) is 1. The molecule has 0 unspecified atom stereocenters. The standard InChI is InChI=1S/C18H21N3O/c1-14-6-4-9-17(20-14)19-12-15-7-2-3-8-16(15)13-21-11-5-10-18(21)22/h2-4,6-9H,5,10-13H2,1H3,(H,19,20). The second kappa shape index (κ2) is 6.60. The fraction of sp³-hybridized carbons (Fsp3) is 0.333. The Kier molecular flexibility index (Phi) is 4.37. The summed E-state index contributed by atoms with van der Waals surface area (Å²) >= 11 is 0. The summed E-state index contributed by atoms with van der Waals surface area (Å²) in [5, 5.41) is 3.36. The zero-order chi connectivity index (χ0) is 15.4. The minimum Gasteiger partial charge on any atom is -0.366 e. The maximum absolute atomic E-state index is 11.8. The second-order valence-corrected chi connectivity index (χ2v) is 5.71. The van der Waals surface area contributed by atoms with Crippen LogP contribution in [0.5, 0.6) is 0 Å². The number of rotatable bonds is 5. The van der Waals surface area contributed by atoms with Gasteiger partial charge < -0.3 is 10.2 Å². The van der Waals surface area contributed by atoms with Crippen LogP contribution in [0, 0.1) is 6.92 Å². The molecule has 114 valence electrons. The van der Waals surface area contributed by atoms with Gasteiger partial charge in [0.05, 0.1) is 0 Å². The number of aromatic nitrogens is 1. The molecule has 1 aliphatic rings. The van der Waals surface area contributed by atoms with Crippen LogP contribution < -0.4 is 5.32 Å². The molecule has 3 rings (SSSR count). The topological polar surface area (TPSA) is 45.2 Å². The van der Waals surface area contributed by atoms with Gasteiger partial charge in [0.1, 0.15) is 5.82 Å². The molecular weight excluding hydrogens is 274 g/mol. The van der Waals surface area contributed by atoms with Gasteiger partial charge in [-0.15, -0.1) is 0 Å². The first-order valence-electron chi connectivity index (χ1n) is 7.74. The van der Waals surface area contributed by atoms with Gasteiger partial charge in [0.25, 0.3) is 0 Å². The molecule has 22 heavy (non-hydrogen) atoms. The largest absolute Gasteiger partial charge is 0.366 e. The number of carbonyl (C=O) groups excluding carboxylic acids is 1. The number of nitrogens with zero attached hydrogens (tertiary/aromatic N) is 2. The van der Waals surface area contributed by atoms with Crippen LogP contribution in [0.25, 0.3) is 0 Å². The quantitative estimate of drug-likeness (QED) is 0.922. The van der Waals surface area contributed by atoms with E-state index in [0.717, 1.165) is 24.5 Å². The Morgan fingerprint density at radius 2 is 1.95 bits per heavy atom. The minimum atomic E-state index is 0.267. The fourth-order valence-corrected chi connectivity index (χ4v) is 2.79. The highest BCUT2D eigenvalue weighted by Gasteiger charge is 2.20. The van der Waals surface area contributed by atoms with E-state index < -0.39 is 0 Å². The lowest BCUT2D eigenvalue weighted by Gasteiger charge is -2.18. The van der Waals surface area contributed by atoms with Gasteiger partial charge in [-0.05, 0) is 36.6 Å². The number of aryl methyl sites for hydroxylation is 1. The molecule has 0 spiro atoms. The minimum absolute atomic E-state index is 0.267. The van der Waals surface area contributed by atoms with Crippen LogP contribution in [-0.4, -0.2) is 22.3 Å². The van der Waals surface area contributed by atoms with Crippen LogP contribution in [0.1, 0.15) is 29.7 Å². The molecule has 1 saturated heterocycles. The lowest BCUT2D eigenvalue weighted by Crippen LogP contribution is -2.24. The number of hydrogen-bond acceptors (Lipinski definition) is 3. The maximum Gasteiger partial charge on any atom is 0.222 e. The monoisotopic (exact) mass is 295 g/mol. The Morgan fingerprint density at radius 1 is 1.14 bits per heavy atom. The third-order valence-corrected chi connectivity index (χ3v) is 4.00. The van der Waals surface area contributed by atoms with Crippen LogP contribution in [0.15, 0.2) is 42.5 Å². The van der Waals surface area contributed by atoms with E-state index in [1.54, 1.807) is 0 Å². The van der Waals surface area contributed by atoms with Crippen molar-refractivity contribution in [2.24, 2.45) is 0 Å². The first-order valence-corrected chi connectivity index (χ1v) is 7.74. The SMILES string of the molecule is Cc1cccc(NCc2ccccc2CN2CCCC2=O)n1. The average molecular weight is 295 g/mol. The smallest absolute Gasteiger partial charge is 0.222 e. The number of benzene rings is 1. The lowest BCUT2D eigenvalue weighted by atomic mass is 10.1. The van der Waals surface area contributed by atoms with Gasteiger partial charge in [-0.25, -0.2) is 4.98 Å². The van der Waals surface area contributed by atoms with E-state index in [1.165, 1.54) is 11.1 Å². The zero-order valence-corrected chi connectivity index (χ0v) is 12.9. The molecule has 0 radical (unpaired) electrons. The van der Waals surface area contributed by atoms with Crippen molar-refractivity contribution in [3.05, 3.63) is 59.3 Å². The van der Waals surface area contributed by atoms with E-state index in [-0.39, 0.29) is 5.91 Å². The van der Waals surface area contributed by atoms with Gasteiger partial charge in [-0.1, -0.05) is 30.3 Å². The zero-order valence-electron chi connectivity index (χ0n) is 12.9. The van der Waals surface area contributed by atoms with E-state index >= 15 is 0 Å². The third kappa shape index (κ3) is 3.45. The molecule has 1 amide bonds. The highest BCUT2D eigenvalue weighted by Crippen LogP contribution is 2.18. The van der Waals surface area contributed by atoms with E-state index in [2.05, 4.69) is 22.4 Å². The molecule has 1 aromatic heterocycles. The number of likely N-dealkylation sites (tertiary alicyclic amines) is 1. The van der Waals surface area contributed by atoms with Crippen molar-refractivity contribution in [3.63, 3.8) is 0 Å². The molecule has 2 heterocycles. The van der Waals surface area contributed by atoms with Crippen molar-refractivity contribution >= 4 is 11.7 Å². The summed E-state index contributed by atoms with van der Waals surface area (Å²) in [6, 6.07) is 14.2. The lowest BCUT2D eigenvalue weighted by molar-refractivity contribution is -0.128. The predicted octanol–water partition coefficient (Wildman–Crippen LogP) is 3.12. The molecule has 0 saturated carbocycles. The summed E-state index contributed by atoms with van der Waals surface area (Å²) in [5.41, 5.74) is 3.42. The number of amides is 1. The van der Waals surface area contributed by atoms with Crippen LogP contribution in [-0.2, 0) is 17.9 Å². The van der Waals surface area contributed by atoms with Gasteiger partial charge in [-0.3, -0.25) is 4.79 Å². The molecular formula is C18H21N3O. The maximum atomic E-state index is 11.8. The summed E-state index contributed by atoms with van der Waals surface area (Å²) in [6.07, 6.45) is 1.67. The number of carbonyl (C=O) groups is 1. The Bertz CT molecular complexity index is 669. The van der Waals surface area contributed by atoms with Crippen molar-refractivity contribution in [3.8, 4) is 0 Å². The van der Waals surface area contributed by atoms with Crippen molar-refractivity contribution in [1.29, 1.82) is 0 Å². The second-order valence-electron chi connectivity index (χ2n) is 5.71. The molecule has 0 atom stereocenters. The van der Waals surface area contributed by atoms with Gasteiger partial charge in [-0.2, -0.15) is 0 Å². The summed E-state index contributed by atoms with van der Waals surface area (Å²) in [6.45, 7) is 4.28. The average Bonchev–Trinajstić information content (AvgIpc) is 2.92. The molecule has 1 N–H and O–H groups in total. The Hall–Kier alpha value is -2.36. The van der Waals surface area contributed by atoms with Gasteiger partial charge in [0.15, 0.2) is 0 Å². The summed E-state index contributed by atoms with van der Waals surface area (Å²) in [4.78, 5) is 18.2. The summed E-state index contributed by atoms with van der Waals surface area (Å²) in [5.74, 6) is 1.15. The van der Waals surface area contributed by atoms with E-state index in [1.807, 2.05) is 42.2 Å². The van der Waals surface area contributed by atoms with Crippen molar-refractivity contribution in [2.75, 3.05) is 11.9 Å². The first kappa shape index (κ1) is 14.6. The van der Waals surface area contributed by atoms with Crippen LogP contribution >= 0.6 is 0 Å². The van der Waals surface area contributed by atoms with E-state index in [9.17, 15) is 4.79 Å². The summed E-state index contributed by atoms with van der Waals surface area (Å²) in [7, 11) is 0. The molecule has 0 bridgehead atoms. The summed E-state index contributed by atoms with van der Waals surface area (Å²) < 4.78 is 0. The van der Waals surface area contributed by atoms with E-state index in [4.69, 9.17) is 0 Å². The van der Waals surface area contributed by atoms with Gasteiger partial charge in [0.2, 0.25) is 5.91 Å². The fourth-order valence-electron chi connectivity index (χ4n) is 2.79. The first-order chi connectivity index (χ1) is 10.7. The highest BCUT2D eigenvalue weighted by atomic mass is 16.2. The Labute approximate surface area is 131 Å². The molecule has 2 aromatic rings.